The van der Waals surface area contributed by atoms with Gasteiger partial charge >= 0.3 is 11.3 Å². The van der Waals surface area contributed by atoms with Crippen LogP contribution in [0.25, 0.3) is 28.0 Å². The summed E-state index contributed by atoms with van der Waals surface area (Å²) >= 11 is 0. The van der Waals surface area contributed by atoms with Crippen LogP contribution in [0.5, 0.6) is 17.2 Å². The van der Waals surface area contributed by atoms with E-state index in [0.717, 1.165) is 17.5 Å². The van der Waals surface area contributed by atoms with Crippen molar-refractivity contribution in [3.8, 4) is 17.2 Å². The maximum Gasteiger partial charge on any atom is 0.336 e. The maximum atomic E-state index is 12.4. The lowest BCUT2D eigenvalue weighted by Gasteiger charge is -2.47. The molecule has 2 aromatic carbocycles. The fourth-order valence-electron chi connectivity index (χ4n) is 6.12. The van der Waals surface area contributed by atoms with Crippen molar-refractivity contribution in [1.82, 2.24) is 0 Å². The van der Waals surface area contributed by atoms with Gasteiger partial charge in [0.2, 0.25) is 0 Å². The van der Waals surface area contributed by atoms with E-state index in [4.69, 9.17) is 18.3 Å². The largest absolute Gasteiger partial charge is 0.507 e. The lowest BCUT2D eigenvalue weighted by molar-refractivity contribution is 0.0319. The molecule has 0 radical (unpaired) electrons. The van der Waals surface area contributed by atoms with Gasteiger partial charge in [0.15, 0.2) is 0 Å². The predicted octanol–water partition coefficient (Wildman–Crippen LogP) is 6.97. The van der Waals surface area contributed by atoms with Crippen molar-refractivity contribution >= 4 is 28.0 Å². The van der Waals surface area contributed by atoms with Crippen LogP contribution in [0.4, 0.5) is 0 Å². The Kier molecular flexibility index (Phi) is 5.60. The highest BCUT2D eigenvalue weighted by Crippen LogP contribution is 2.58. The first-order valence-corrected chi connectivity index (χ1v) is 13.4. The molecule has 2 atom stereocenters. The van der Waals surface area contributed by atoms with E-state index in [9.17, 15) is 14.7 Å². The third-order valence-corrected chi connectivity index (χ3v) is 8.07. The van der Waals surface area contributed by atoms with Crippen molar-refractivity contribution in [2.45, 2.75) is 70.0 Å². The zero-order chi connectivity index (χ0) is 28.6. The quantitative estimate of drug-likeness (QED) is 0.220. The first-order valence-electron chi connectivity index (χ1n) is 13.4. The molecule has 40 heavy (non-hydrogen) atoms. The van der Waals surface area contributed by atoms with E-state index in [-0.39, 0.29) is 11.7 Å². The SMILES string of the molecule is C=CC(C)(C)c1c2c3c(c4ccc(=O)oc14)OC(C)(/C=C/c1cc4ccc(=O)oc4cc1O)CC3CC(C)(C)O2. The van der Waals surface area contributed by atoms with Crippen LogP contribution in [0.15, 0.2) is 73.6 Å². The van der Waals surface area contributed by atoms with Crippen LogP contribution in [0.3, 0.4) is 0 Å². The molecule has 2 unspecified atom stereocenters. The summed E-state index contributed by atoms with van der Waals surface area (Å²) in [4.78, 5) is 24.0. The molecule has 0 saturated carbocycles. The number of fused-ring (bicyclic) bond motifs is 3. The second-order valence-electron chi connectivity index (χ2n) is 12.3. The van der Waals surface area contributed by atoms with Gasteiger partial charge in [-0.15, -0.1) is 6.58 Å². The summed E-state index contributed by atoms with van der Waals surface area (Å²) in [5.74, 6) is 1.44. The highest BCUT2D eigenvalue weighted by Gasteiger charge is 2.47. The van der Waals surface area contributed by atoms with Gasteiger partial charge in [-0.1, -0.05) is 26.0 Å². The number of allylic oxidation sites excluding steroid dienone is 1. The molecule has 0 amide bonds. The Morgan fingerprint density at radius 2 is 1.70 bits per heavy atom. The molecule has 0 spiro atoms. The standard InChI is InChI=1S/C33H32O7/c1-7-31(2,3)27-29-21(9-11-25(36)38-29)28-26-20(16-32(4,5)39-30(26)27)17-33(6,40-28)13-12-18-14-19-8-10-24(35)37-23(19)15-22(18)34/h7-15,20,34H,1,16-17H2,2-6H3/b13-12+. The molecule has 4 aromatic rings. The van der Waals surface area contributed by atoms with Gasteiger partial charge in [-0.3, -0.25) is 0 Å². The molecule has 7 heteroatoms. The molecule has 1 N–H and O–H groups in total. The summed E-state index contributed by atoms with van der Waals surface area (Å²) < 4.78 is 24.4. The number of ether oxygens (including phenoxy) is 2. The minimum Gasteiger partial charge on any atom is -0.507 e. The average molecular weight is 541 g/mol. The lowest BCUT2D eigenvalue weighted by Crippen LogP contribution is -2.43. The Bertz CT molecular complexity index is 1850. The molecule has 2 aliphatic rings. The average Bonchev–Trinajstić information content (AvgIpc) is 2.86. The highest BCUT2D eigenvalue weighted by molar-refractivity contribution is 5.92. The van der Waals surface area contributed by atoms with Gasteiger partial charge < -0.3 is 23.4 Å². The first-order chi connectivity index (χ1) is 18.8. The second kappa shape index (κ2) is 8.62. The summed E-state index contributed by atoms with van der Waals surface area (Å²) in [6, 6.07) is 9.41. The molecular formula is C33H32O7. The summed E-state index contributed by atoms with van der Waals surface area (Å²) in [6.07, 6.45) is 7.07. The van der Waals surface area contributed by atoms with Crippen LogP contribution in [0, 0.1) is 0 Å². The topological polar surface area (TPSA) is 99.1 Å². The zero-order valence-electron chi connectivity index (χ0n) is 23.3. The van der Waals surface area contributed by atoms with Gasteiger partial charge in [-0.05, 0) is 63.8 Å². The number of hydrogen-bond donors (Lipinski definition) is 1. The molecule has 7 nitrogen and oxygen atoms in total. The Balaban J connectivity index is 1.53. The molecule has 6 rings (SSSR count). The van der Waals surface area contributed by atoms with Gasteiger partial charge in [0, 0.05) is 45.7 Å². The van der Waals surface area contributed by atoms with E-state index in [0.29, 0.717) is 45.4 Å². The molecule has 2 aromatic heterocycles. The number of phenolic OH excluding ortho intramolecular Hbond substituents is 1. The normalized spacial score (nSPS) is 21.7. The zero-order valence-corrected chi connectivity index (χ0v) is 23.3. The Labute approximate surface area is 231 Å². The van der Waals surface area contributed by atoms with Gasteiger partial charge in [0.25, 0.3) is 0 Å². The third kappa shape index (κ3) is 4.21. The summed E-state index contributed by atoms with van der Waals surface area (Å²) in [5, 5.41) is 12.1. The summed E-state index contributed by atoms with van der Waals surface area (Å²) in [6.45, 7) is 14.3. The maximum absolute atomic E-state index is 12.4. The minimum atomic E-state index is -0.745. The van der Waals surface area contributed by atoms with Crippen LogP contribution in [0.2, 0.25) is 0 Å². The molecule has 2 aliphatic heterocycles. The van der Waals surface area contributed by atoms with Crippen LogP contribution < -0.4 is 20.7 Å². The van der Waals surface area contributed by atoms with Crippen LogP contribution in [-0.4, -0.2) is 16.3 Å². The van der Waals surface area contributed by atoms with Crippen LogP contribution >= 0.6 is 0 Å². The first kappa shape index (κ1) is 26.0. The number of phenols is 1. The van der Waals surface area contributed by atoms with Crippen molar-refractivity contribution in [3.63, 3.8) is 0 Å². The second-order valence-corrected chi connectivity index (χ2v) is 12.3. The van der Waals surface area contributed by atoms with Crippen molar-refractivity contribution in [1.29, 1.82) is 0 Å². The number of aromatic hydroxyl groups is 1. The van der Waals surface area contributed by atoms with Gasteiger partial charge in [-0.25, -0.2) is 9.59 Å². The van der Waals surface area contributed by atoms with E-state index < -0.39 is 27.9 Å². The van der Waals surface area contributed by atoms with Gasteiger partial charge in [0.05, 0.1) is 5.39 Å². The third-order valence-electron chi connectivity index (χ3n) is 8.07. The predicted molar refractivity (Wildman–Crippen MR) is 155 cm³/mol. The fraction of sp³-hybridized carbons (Fsp3) is 0.333. The monoisotopic (exact) mass is 540 g/mol. The molecular weight excluding hydrogens is 508 g/mol. The van der Waals surface area contributed by atoms with Crippen molar-refractivity contribution in [3.05, 3.63) is 92.7 Å². The van der Waals surface area contributed by atoms with E-state index in [1.54, 1.807) is 18.2 Å². The highest BCUT2D eigenvalue weighted by atomic mass is 16.5. The molecule has 0 saturated heterocycles. The van der Waals surface area contributed by atoms with E-state index in [1.165, 1.54) is 18.2 Å². The summed E-state index contributed by atoms with van der Waals surface area (Å²) in [7, 11) is 0. The molecule has 0 bridgehead atoms. The van der Waals surface area contributed by atoms with E-state index in [1.807, 2.05) is 39.0 Å². The lowest BCUT2D eigenvalue weighted by atomic mass is 9.72. The summed E-state index contributed by atoms with van der Waals surface area (Å²) in [5.41, 5.74) is 0.435. The molecule has 206 valence electrons. The Morgan fingerprint density at radius 3 is 2.45 bits per heavy atom. The number of benzene rings is 2. The Morgan fingerprint density at radius 1 is 0.975 bits per heavy atom. The fourth-order valence-corrected chi connectivity index (χ4v) is 6.12. The number of hydrogen-bond acceptors (Lipinski definition) is 7. The van der Waals surface area contributed by atoms with Crippen molar-refractivity contribution in [2.75, 3.05) is 0 Å². The van der Waals surface area contributed by atoms with Gasteiger partial charge in [0.1, 0.15) is 39.6 Å². The Hall–Kier alpha value is -4.26. The molecule has 0 fully saturated rings. The van der Waals surface area contributed by atoms with Gasteiger partial charge in [-0.2, -0.15) is 0 Å². The molecule has 4 heterocycles. The van der Waals surface area contributed by atoms with Crippen molar-refractivity contribution in [2.24, 2.45) is 0 Å². The van der Waals surface area contributed by atoms with Crippen LogP contribution in [0.1, 0.15) is 70.1 Å². The van der Waals surface area contributed by atoms with E-state index >= 15 is 0 Å². The van der Waals surface area contributed by atoms with Crippen LogP contribution in [-0.2, 0) is 5.41 Å². The van der Waals surface area contributed by atoms with Crippen molar-refractivity contribution < 1.29 is 23.4 Å². The van der Waals surface area contributed by atoms with E-state index in [2.05, 4.69) is 20.4 Å². The molecule has 0 aliphatic carbocycles. The minimum absolute atomic E-state index is 0.00378. The smallest absolute Gasteiger partial charge is 0.336 e. The number of rotatable bonds is 4.